The van der Waals surface area contributed by atoms with Crippen molar-refractivity contribution in [1.82, 2.24) is 16.1 Å². The Balaban J connectivity index is 1.72. The summed E-state index contributed by atoms with van der Waals surface area (Å²) >= 11 is 8.29. The lowest BCUT2D eigenvalue weighted by Crippen LogP contribution is -2.45. The molecule has 2 aromatic rings. The highest BCUT2D eigenvalue weighted by Crippen LogP contribution is 2.35. The molecule has 0 unspecified atom stereocenters. The number of nitrogens with zero attached hydrogens (tertiary/aromatic N) is 1. The Morgan fingerprint density at radius 2 is 1.95 bits per heavy atom. The van der Waals surface area contributed by atoms with E-state index in [1.807, 2.05) is 13.8 Å². The van der Waals surface area contributed by atoms with E-state index in [2.05, 4.69) is 43.8 Å². The van der Waals surface area contributed by atoms with Gasteiger partial charge in [0.05, 0.1) is 41.7 Å². The van der Waals surface area contributed by atoms with Gasteiger partial charge in [0.2, 0.25) is 0 Å². The summed E-state index contributed by atoms with van der Waals surface area (Å²) in [5.41, 5.74) is 4.51. The number of amides is 2. The van der Waals surface area contributed by atoms with E-state index < -0.39 is 24.3 Å². The molecule has 4 N–H and O–H groups in total. The average molecular weight is 673 g/mol. The lowest BCUT2D eigenvalue weighted by atomic mass is 9.95. The summed E-state index contributed by atoms with van der Waals surface area (Å²) in [4.78, 5) is 24.5. The molecule has 3 rings (SSSR count). The summed E-state index contributed by atoms with van der Waals surface area (Å²) in [5, 5.41) is 20.3. The normalized spacial score (nSPS) is 15.9. The number of carbonyl (C=O) groups is 2. The lowest BCUT2D eigenvalue weighted by Gasteiger charge is -2.28. The van der Waals surface area contributed by atoms with Crippen LogP contribution in [0, 0.1) is 3.57 Å². The second kappa shape index (κ2) is 14.2. The fraction of sp³-hybridized carbons (Fsp3) is 0.346. The minimum Gasteiger partial charge on any atom is -0.492 e. The first-order valence-corrected chi connectivity index (χ1v) is 13.5. The molecule has 0 radical (unpaired) electrons. The van der Waals surface area contributed by atoms with Gasteiger partial charge in [0.15, 0.2) is 17.7 Å². The van der Waals surface area contributed by atoms with Gasteiger partial charge in [-0.25, -0.2) is 9.59 Å². The summed E-state index contributed by atoms with van der Waals surface area (Å²) < 4.78 is 22.9. The predicted octanol–water partition coefficient (Wildman–Crippen LogP) is 3.86. The highest BCUT2D eigenvalue weighted by Gasteiger charge is 2.32. The van der Waals surface area contributed by atoms with Crippen LogP contribution >= 0.6 is 34.2 Å². The molecule has 210 valence electrons. The quantitative estimate of drug-likeness (QED) is 0.0877. The molecule has 0 saturated carbocycles. The first kappa shape index (κ1) is 30.3. The van der Waals surface area contributed by atoms with Crippen molar-refractivity contribution in [3.63, 3.8) is 0 Å². The van der Waals surface area contributed by atoms with E-state index in [9.17, 15) is 14.7 Å². The number of urea groups is 1. The third-order valence-electron chi connectivity index (χ3n) is 5.43. The Kier molecular flexibility index (Phi) is 11.1. The zero-order valence-corrected chi connectivity index (χ0v) is 24.8. The highest BCUT2D eigenvalue weighted by atomic mass is 127. The molecule has 0 aromatic heterocycles. The van der Waals surface area contributed by atoms with Crippen LogP contribution in [0.5, 0.6) is 17.2 Å². The van der Waals surface area contributed by atoms with Crippen molar-refractivity contribution in [2.75, 3.05) is 26.9 Å². The second-order valence-corrected chi connectivity index (χ2v) is 9.75. The smallest absolute Gasteiger partial charge is 0.337 e. The summed E-state index contributed by atoms with van der Waals surface area (Å²) in [6.45, 7) is 5.98. The van der Waals surface area contributed by atoms with Crippen LogP contribution in [0.4, 0.5) is 4.79 Å². The van der Waals surface area contributed by atoms with Gasteiger partial charge < -0.3 is 34.7 Å². The van der Waals surface area contributed by atoms with E-state index >= 15 is 0 Å². The van der Waals surface area contributed by atoms with Crippen molar-refractivity contribution < 1.29 is 33.6 Å². The number of hydrogen-bond acceptors (Lipinski definition) is 9. The zero-order chi connectivity index (χ0) is 28.5. The standard InChI is InChI=1S/C26H30ClIN4O7/c1-5-37-20-10-15(23-22(25(34)36-4)14(3)30-26(35)31-23)7-8-19(20)39-13-21(33)32-29-12-16-9-17(27)11-18(28)24(16)38-6-2/h7-12,21,23,32-33H,5-6,13H2,1-4H3,(H2,30,31,35)/b29-12+/t21-,23-/m0/s1. The van der Waals surface area contributed by atoms with Gasteiger partial charge in [0.1, 0.15) is 12.4 Å². The maximum Gasteiger partial charge on any atom is 0.337 e. The molecule has 2 amide bonds. The number of hydrazone groups is 1. The van der Waals surface area contributed by atoms with Crippen LogP contribution in [0.25, 0.3) is 0 Å². The van der Waals surface area contributed by atoms with Gasteiger partial charge in [-0.15, -0.1) is 0 Å². The topological polar surface area (TPSA) is 140 Å². The van der Waals surface area contributed by atoms with Crippen LogP contribution in [0.1, 0.15) is 37.9 Å². The predicted molar refractivity (Wildman–Crippen MR) is 154 cm³/mol. The van der Waals surface area contributed by atoms with Crippen LogP contribution in [0.3, 0.4) is 0 Å². The van der Waals surface area contributed by atoms with Crippen LogP contribution in [-0.4, -0.2) is 56.5 Å². The second-order valence-electron chi connectivity index (χ2n) is 8.15. The minimum atomic E-state index is -1.15. The van der Waals surface area contributed by atoms with E-state index in [4.69, 9.17) is 30.5 Å². The van der Waals surface area contributed by atoms with E-state index in [-0.39, 0.29) is 12.2 Å². The molecule has 39 heavy (non-hydrogen) atoms. The third-order valence-corrected chi connectivity index (χ3v) is 6.44. The molecule has 0 aliphatic carbocycles. The van der Waals surface area contributed by atoms with Gasteiger partial charge in [-0.05, 0) is 73.2 Å². The molecule has 2 atom stereocenters. The zero-order valence-electron chi connectivity index (χ0n) is 21.8. The Hall–Kier alpha value is -3.23. The van der Waals surface area contributed by atoms with Crippen LogP contribution < -0.4 is 30.3 Å². The Morgan fingerprint density at radius 1 is 1.21 bits per heavy atom. The minimum absolute atomic E-state index is 0.154. The molecular formula is C26H30ClIN4O7. The summed E-state index contributed by atoms with van der Waals surface area (Å²) in [6.07, 6.45) is 0.356. The van der Waals surface area contributed by atoms with Gasteiger partial charge in [0, 0.05) is 16.3 Å². The number of esters is 1. The monoisotopic (exact) mass is 672 g/mol. The van der Waals surface area contributed by atoms with Crippen molar-refractivity contribution in [3.05, 3.63) is 61.3 Å². The molecular weight excluding hydrogens is 643 g/mol. The Bertz CT molecular complexity index is 1270. The maximum atomic E-state index is 12.4. The number of benzene rings is 2. The SMILES string of the molecule is CCOc1cc([C@@H]2NC(=O)NC(C)=C2C(=O)OC)ccc1OC[C@H](O)N/N=C/c1cc(Cl)cc(I)c1OCC. The van der Waals surface area contributed by atoms with Gasteiger partial charge >= 0.3 is 12.0 Å². The fourth-order valence-corrected chi connectivity index (χ4v) is 5.00. The summed E-state index contributed by atoms with van der Waals surface area (Å²) in [7, 11) is 1.27. The molecule has 0 saturated heterocycles. The van der Waals surface area contributed by atoms with Crippen molar-refractivity contribution >= 4 is 52.4 Å². The van der Waals surface area contributed by atoms with E-state index in [0.717, 1.165) is 3.57 Å². The van der Waals surface area contributed by atoms with Crippen LogP contribution in [0.2, 0.25) is 5.02 Å². The summed E-state index contributed by atoms with van der Waals surface area (Å²) in [6, 6.07) is 7.30. The van der Waals surface area contributed by atoms with Crippen LogP contribution in [-0.2, 0) is 9.53 Å². The number of allylic oxidation sites excluding steroid dienone is 1. The number of aliphatic hydroxyl groups excluding tert-OH is 1. The molecule has 0 bridgehead atoms. The molecule has 0 spiro atoms. The highest BCUT2D eigenvalue weighted by molar-refractivity contribution is 14.1. The van der Waals surface area contributed by atoms with Gasteiger partial charge in [-0.2, -0.15) is 5.10 Å². The first-order chi connectivity index (χ1) is 18.7. The number of aliphatic hydroxyl groups is 1. The van der Waals surface area contributed by atoms with Crippen molar-refractivity contribution in [1.29, 1.82) is 0 Å². The number of methoxy groups -OCH3 is 1. The molecule has 1 aliphatic rings. The number of carbonyl (C=O) groups excluding carboxylic acids is 2. The maximum absolute atomic E-state index is 12.4. The number of nitrogens with one attached hydrogen (secondary N) is 3. The number of ether oxygens (including phenoxy) is 4. The number of rotatable bonds is 12. The first-order valence-electron chi connectivity index (χ1n) is 12.0. The van der Waals surface area contributed by atoms with Gasteiger partial charge in [-0.1, -0.05) is 17.7 Å². The van der Waals surface area contributed by atoms with Gasteiger partial charge in [-0.3, -0.25) is 5.43 Å². The van der Waals surface area contributed by atoms with Crippen molar-refractivity contribution in [3.8, 4) is 17.2 Å². The molecule has 0 fully saturated rings. The van der Waals surface area contributed by atoms with Crippen molar-refractivity contribution in [2.45, 2.75) is 33.0 Å². The molecule has 13 heteroatoms. The molecule has 1 heterocycles. The molecule has 1 aliphatic heterocycles. The van der Waals surface area contributed by atoms with Crippen molar-refractivity contribution in [2.24, 2.45) is 5.10 Å². The lowest BCUT2D eigenvalue weighted by molar-refractivity contribution is -0.136. The number of hydrogen-bond donors (Lipinski definition) is 4. The Morgan fingerprint density at radius 3 is 2.64 bits per heavy atom. The Labute approximate surface area is 245 Å². The largest absolute Gasteiger partial charge is 0.492 e. The number of halogens is 2. The van der Waals surface area contributed by atoms with E-state index in [0.29, 0.717) is 52.3 Å². The van der Waals surface area contributed by atoms with Gasteiger partial charge in [0.25, 0.3) is 0 Å². The average Bonchev–Trinajstić information content (AvgIpc) is 2.89. The molecule has 11 nitrogen and oxygen atoms in total. The van der Waals surface area contributed by atoms with E-state index in [1.165, 1.54) is 13.3 Å². The van der Waals surface area contributed by atoms with Crippen LogP contribution in [0.15, 0.2) is 46.7 Å². The molecule has 2 aromatic carbocycles. The summed E-state index contributed by atoms with van der Waals surface area (Å²) in [5.74, 6) is 0.800. The fourth-order valence-electron chi connectivity index (χ4n) is 3.79. The van der Waals surface area contributed by atoms with E-state index in [1.54, 1.807) is 37.3 Å². The third kappa shape index (κ3) is 7.90.